The molecular weight excluding hydrogens is 366 g/mol. The number of hydrogen-bond acceptors (Lipinski definition) is 6. The standard InChI is InChI=1S/C19H25N3O2S2/c1-13-6-4-5-7-17(13)25-12-18(23)21-19-20-16(11-26-19)10-22-8-14(2)24-15(3)9-22/h4-7,11,14-15H,8-10,12H2,1-3H3,(H,20,21,23). The zero-order chi connectivity index (χ0) is 18.5. The second kappa shape index (κ2) is 8.99. The maximum atomic E-state index is 12.2. The van der Waals surface area contributed by atoms with Crippen LogP contribution in [0.4, 0.5) is 5.13 Å². The number of thioether (sulfide) groups is 1. The van der Waals surface area contributed by atoms with Crippen LogP contribution in [0.1, 0.15) is 25.1 Å². The second-order valence-electron chi connectivity index (χ2n) is 6.70. The van der Waals surface area contributed by atoms with Gasteiger partial charge in [-0.2, -0.15) is 0 Å². The third kappa shape index (κ3) is 5.54. The lowest BCUT2D eigenvalue weighted by atomic mass is 10.2. The number of hydrogen-bond donors (Lipinski definition) is 1. The fourth-order valence-electron chi connectivity index (χ4n) is 3.10. The van der Waals surface area contributed by atoms with Crippen LogP contribution in [-0.4, -0.2) is 46.8 Å². The Balaban J connectivity index is 1.48. The van der Waals surface area contributed by atoms with E-state index in [1.807, 2.05) is 23.6 Å². The number of nitrogens with one attached hydrogen (secondary N) is 1. The number of anilines is 1. The topological polar surface area (TPSA) is 54.5 Å². The predicted molar refractivity (Wildman–Crippen MR) is 108 cm³/mol. The van der Waals surface area contributed by atoms with Crippen molar-refractivity contribution in [3.05, 3.63) is 40.9 Å². The van der Waals surface area contributed by atoms with E-state index < -0.39 is 0 Å². The summed E-state index contributed by atoms with van der Waals surface area (Å²) in [5, 5.41) is 5.61. The van der Waals surface area contributed by atoms with Gasteiger partial charge in [0, 0.05) is 29.9 Å². The number of rotatable bonds is 6. The number of carbonyl (C=O) groups is 1. The molecule has 1 fully saturated rings. The Morgan fingerprint density at radius 3 is 2.81 bits per heavy atom. The van der Waals surface area contributed by atoms with Gasteiger partial charge in [0.2, 0.25) is 5.91 Å². The smallest absolute Gasteiger partial charge is 0.236 e. The van der Waals surface area contributed by atoms with Crippen molar-refractivity contribution in [2.24, 2.45) is 0 Å². The van der Waals surface area contributed by atoms with Gasteiger partial charge in [-0.3, -0.25) is 9.69 Å². The van der Waals surface area contributed by atoms with E-state index in [1.165, 1.54) is 16.9 Å². The molecule has 5 nitrogen and oxygen atoms in total. The average molecular weight is 392 g/mol. The molecule has 1 aliphatic rings. The van der Waals surface area contributed by atoms with Gasteiger partial charge in [-0.25, -0.2) is 4.98 Å². The van der Waals surface area contributed by atoms with Gasteiger partial charge in [-0.1, -0.05) is 18.2 Å². The van der Waals surface area contributed by atoms with Gasteiger partial charge in [-0.15, -0.1) is 23.1 Å². The van der Waals surface area contributed by atoms with Gasteiger partial charge in [0.1, 0.15) is 0 Å². The van der Waals surface area contributed by atoms with E-state index in [9.17, 15) is 4.79 Å². The van der Waals surface area contributed by atoms with Crippen molar-refractivity contribution in [2.45, 2.75) is 44.4 Å². The van der Waals surface area contributed by atoms with Gasteiger partial charge >= 0.3 is 0 Å². The summed E-state index contributed by atoms with van der Waals surface area (Å²) in [6.45, 7) is 8.87. The molecule has 0 spiro atoms. The zero-order valence-electron chi connectivity index (χ0n) is 15.4. The quantitative estimate of drug-likeness (QED) is 0.759. The molecule has 0 aliphatic carbocycles. The lowest BCUT2D eigenvalue weighted by Crippen LogP contribution is -2.44. The molecule has 2 aromatic rings. The molecule has 2 heterocycles. The lowest BCUT2D eigenvalue weighted by Gasteiger charge is -2.34. The molecule has 1 aromatic carbocycles. The monoisotopic (exact) mass is 391 g/mol. The van der Waals surface area contributed by atoms with Crippen LogP contribution < -0.4 is 5.32 Å². The lowest BCUT2D eigenvalue weighted by molar-refractivity contribution is -0.113. The molecule has 1 amide bonds. The van der Waals surface area contributed by atoms with Gasteiger partial charge in [0.15, 0.2) is 5.13 Å². The first-order chi connectivity index (χ1) is 12.5. The Bertz CT molecular complexity index is 740. The minimum absolute atomic E-state index is 0.0206. The number of thiazole rings is 1. The van der Waals surface area contributed by atoms with Crippen LogP contribution in [0.25, 0.3) is 0 Å². The molecule has 1 aromatic heterocycles. The summed E-state index contributed by atoms with van der Waals surface area (Å²) in [6.07, 6.45) is 0.491. The Hall–Kier alpha value is -1.41. The van der Waals surface area contributed by atoms with E-state index in [-0.39, 0.29) is 18.1 Å². The van der Waals surface area contributed by atoms with E-state index in [1.54, 1.807) is 11.8 Å². The van der Waals surface area contributed by atoms with Crippen LogP contribution >= 0.6 is 23.1 Å². The van der Waals surface area contributed by atoms with E-state index in [4.69, 9.17) is 4.74 Å². The zero-order valence-corrected chi connectivity index (χ0v) is 17.0. The van der Waals surface area contributed by atoms with E-state index >= 15 is 0 Å². The number of benzene rings is 1. The first kappa shape index (κ1) is 19.4. The fraction of sp³-hybridized carbons (Fsp3) is 0.474. The predicted octanol–water partition coefficient (Wildman–Crippen LogP) is 3.79. The molecule has 0 saturated carbocycles. The van der Waals surface area contributed by atoms with E-state index in [0.29, 0.717) is 10.9 Å². The molecular formula is C19H25N3O2S2. The third-order valence-corrected chi connectivity index (χ3v) is 6.11. The Morgan fingerprint density at radius 2 is 2.08 bits per heavy atom. The van der Waals surface area contributed by atoms with Crippen LogP contribution in [0.5, 0.6) is 0 Å². The molecule has 26 heavy (non-hydrogen) atoms. The summed E-state index contributed by atoms with van der Waals surface area (Å²) in [5.74, 6) is 0.367. The van der Waals surface area contributed by atoms with Crippen molar-refractivity contribution in [2.75, 3.05) is 24.2 Å². The minimum atomic E-state index is -0.0206. The molecule has 2 unspecified atom stereocenters. The molecule has 7 heteroatoms. The van der Waals surface area contributed by atoms with E-state index in [2.05, 4.69) is 42.0 Å². The minimum Gasteiger partial charge on any atom is -0.373 e. The SMILES string of the molecule is Cc1ccccc1SCC(=O)Nc1nc(CN2CC(C)OC(C)C2)cs1. The molecule has 3 rings (SSSR count). The number of nitrogens with zero attached hydrogens (tertiary/aromatic N) is 2. The number of morpholine rings is 1. The van der Waals surface area contributed by atoms with Crippen molar-refractivity contribution in [3.63, 3.8) is 0 Å². The molecule has 0 bridgehead atoms. The Labute approximate surface area is 163 Å². The molecule has 140 valence electrons. The summed E-state index contributed by atoms with van der Waals surface area (Å²) in [5.41, 5.74) is 2.19. The van der Waals surface area contributed by atoms with Crippen molar-refractivity contribution in [3.8, 4) is 0 Å². The number of aryl methyl sites for hydroxylation is 1. The third-order valence-electron chi connectivity index (χ3n) is 4.13. The van der Waals surface area contributed by atoms with Gasteiger partial charge in [-0.05, 0) is 32.4 Å². The highest BCUT2D eigenvalue weighted by molar-refractivity contribution is 8.00. The number of carbonyl (C=O) groups excluding carboxylic acids is 1. The number of ether oxygens (including phenoxy) is 1. The maximum Gasteiger partial charge on any atom is 0.236 e. The summed E-state index contributed by atoms with van der Waals surface area (Å²) >= 11 is 3.04. The number of amides is 1. The highest BCUT2D eigenvalue weighted by Crippen LogP contribution is 2.23. The van der Waals surface area contributed by atoms with Crippen LogP contribution in [0, 0.1) is 6.92 Å². The first-order valence-electron chi connectivity index (χ1n) is 8.80. The van der Waals surface area contributed by atoms with Gasteiger partial charge in [0.05, 0.1) is 23.7 Å². The Morgan fingerprint density at radius 1 is 1.35 bits per heavy atom. The van der Waals surface area contributed by atoms with Crippen molar-refractivity contribution in [1.29, 1.82) is 0 Å². The summed E-state index contributed by atoms with van der Waals surface area (Å²) in [7, 11) is 0. The summed E-state index contributed by atoms with van der Waals surface area (Å²) in [4.78, 5) is 20.2. The molecule has 1 N–H and O–H groups in total. The molecule has 0 radical (unpaired) electrons. The first-order valence-corrected chi connectivity index (χ1v) is 10.7. The maximum absolute atomic E-state index is 12.2. The summed E-state index contributed by atoms with van der Waals surface area (Å²) in [6, 6.07) is 8.10. The summed E-state index contributed by atoms with van der Waals surface area (Å²) < 4.78 is 5.76. The number of aromatic nitrogens is 1. The fourth-order valence-corrected chi connectivity index (χ4v) is 4.64. The second-order valence-corrected chi connectivity index (χ2v) is 8.57. The van der Waals surface area contributed by atoms with Crippen LogP contribution in [-0.2, 0) is 16.1 Å². The van der Waals surface area contributed by atoms with E-state index in [0.717, 1.165) is 30.2 Å². The highest BCUT2D eigenvalue weighted by Gasteiger charge is 2.22. The highest BCUT2D eigenvalue weighted by atomic mass is 32.2. The van der Waals surface area contributed by atoms with Gasteiger partial charge < -0.3 is 10.1 Å². The molecule has 2 atom stereocenters. The van der Waals surface area contributed by atoms with Crippen LogP contribution in [0.15, 0.2) is 34.5 Å². The van der Waals surface area contributed by atoms with Crippen LogP contribution in [0.3, 0.4) is 0 Å². The average Bonchev–Trinajstić information content (AvgIpc) is 3.00. The normalized spacial score (nSPS) is 20.9. The van der Waals surface area contributed by atoms with Crippen molar-refractivity contribution < 1.29 is 9.53 Å². The van der Waals surface area contributed by atoms with Crippen molar-refractivity contribution >= 4 is 34.1 Å². The van der Waals surface area contributed by atoms with Crippen molar-refractivity contribution in [1.82, 2.24) is 9.88 Å². The van der Waals surface area contributed by atoms with Gasteiger partial charge in [0.25, 0.3) is 0 Å². The molecule has 1 aliphatic heterocycles. The largest absolute Gasteiger partial charge is 0.373 e. The molecule has 1 saturated heterocycles. The van der Waals surface area contributed by atoms with Crippen LogP contribution in [0.2, 0.25) is 0 Å². The Kier molecular flexibility index (Phi) is 6.69.